The number of rotatable bonds is 7. The average Bonchev–Trinajstić information content (AvgIpc) is 3.29. The topological polar surface area (TPSA) is 85.1 Å². The molecule has 0 saturated carbocycles. The van der Waals surface area contributed by atoms with E-state index in [0.717, 1.165) is 23.1 Å². The highest BCUT2D eigenvalue weighted by Crippen LogP contribution is 2.12. The predicted molar refractivity (Wildman–Crippen MR) is 120 cm³/mol. The molecule has 1 heterocycles. The van der Waals surface area contributed by atoms with Gasteiger partial charge in [-0.15, -0.1) is 10.2 Å². The molecule has 3 aromatic carbocycles. The first-order valence-electron chi connectivity index (χ1n) is 10.1. The molecule has 0 atom stereocenters. The normalized spacial score (nSPS) is 11.0. The molecule has 0 radical (unpaired) electrons. The highest BCUT2D eigenvalue weighted by Gasteiger charge is 2.07. The molecule has 7 nitrogen and oxygen atoms in total. The Labute approximate surface area is 180 Å². The lowest BCUT2D eigenvalue weighted by Crippen LogP contribution is -2.17. The fourth-order valence-electron chi connectivity index (χ4n) is 3.01. The summed E-state index contributed by atoms with van der Waals surface area (Å²) >= 11 is 0. The van der Waals surface area contributed by atoms with E-state index < -0.39 is 0 Å². The van der Waals surface area contributed by atoms with Gasteiger partial charge in [0.1, 0.15) is 0 Å². The summed E-state index contributed by atoms with van der Waals surface area (Å²) in [6, 6.07) is 25.0. The number of hydrogen-bond donors (Lipinski definition) is 1. The molecule has 4 aromatic rings. The molecule has 0 spiro atoms. The van der Waals surface area contributed by atoms with Gasteiger partial charge in [-0.05, 0) is 40.5 Å². The lowest BCUT2D eigenvalue weighted by Gasteiger charge is -2.03. The highest BCUT2D eigenvalue weighted by atomic mass is 16.2. The van der Waals surface area contributed by atoms with Crippen molar-refractivity contribution in [2.24, 2.45) is 5.10 Å². The fraction of sp³-hybridized carbons (Fsp3) is 0.125. The quantitative estimate of drug-likeness (QED) is 0.372. The zero-order valence-corrected chi connectivity index (χ0v) is 17.1. The molecule has 0 bridgehead atoms. The SMILES string of the molecule is CCc1ccc(/C=N\NC(=O)c2ccc(Cn3nnc(-c4ccccc4)n3)cc2)cc1. The minimum atomic E-state index is -0.266. The zero-order chi connectivity index (χ0) is 21.5. The van der Waals surface area contributed by atoms with Gasteiger partial charge in [0.2, 0.25) is 5.82 Å². The first-order chi connectivity index (χ1) is 15.2. The van der Waals surface area contributed by atoms with Crippen LogP contribution in [0.5, 0.6) is 0 Å². The van der Waals surface area contributed by atoms with E-state index in [1.165, 1.54) is 10.4 Å². The summed E-state index contributed by atoms with van der Waals surface area (Å²) in [5.74, 6) is 0.317. The van der Waals surface area contributed by atoms with E-state index >= 15 is 0 Å². The maximum absolute atomic E-state index is 12.3. The van der Waals surface area contributed by atoms with Gasteiger partial charge in [-0.1, -0.05) is 73.7 Å². The summed E-state index contributed by atoms with van der Waals surface area (Å²) in [5, 5.41) is 16.6. The van der Waals surface area contributed by atoms with Crippen molar-refractivity contribution in [1.29, 1.82) is 0 Å². The van der Waals surface area contributed by atoms with Crippen molar-refractivity contribution < 1.29 is 4.79 Å². The van der Waals surface area contributed by atoms with Gasteiger partial charge in [0.15, 0.2) is 0 Å². The second kappa shape index (κ2) is 9.58. The van der Waals surface area contributed by atoms with Crippen LogP contribution >= 0.6 is 0 Å². The van der Waals surface area contributed by atoms with Crippen LogP contribution in [0.2, 0.25) is 0 Å². The first-order valence-corrected chi connectivity index (χ1v) is 10.1. The molecule has 1 aromatic heterocycles. The summed E-state index contributed by atoms with van der Waals surface area (Å²) in [4.78, 5) is 13.8. The van der Waals surface area contributed by atoms with E-state index in [1.54, 1.807) is 18.3 Å². The van der Waals surface area contributed by atoms with Gasteiger partial charge in [0.25, 0.3) is 5.91 Å². The molecule has 0 fully saturated rings. The van der Waals surface area contributed by atoms with Gasteiger partial charge >= 0.3 is 0 Å². The van der Waals surface area contributed by atoms with Crippen molar-refractivity contribution in [3.05, 3.63) is 101 Å². The number of aryl methyl sites for hydroxylation is 1. The molecule has 154 valence electrons. The monoisotopic (exact) mass is 410 g/mol. The van der Waals surface area contributed by atoms with Gasteiger partial charge in [-0.25, -0.2) is 5.43 Å². The van der Waals surface area contributed by atoms with Crippen LogP contribution in [0.25, 0.3) is 11.4 Å². The summed E-state index contributed by atoms with van der Waals surface area (Å²) in [6.45, 7) is 2.58. The van der Waals surface area contributed by atoms with Crippen molar-refractivity contribution in [2.75, 3.05) is 0 Å². The van der Waals surface area contributed by atoms with Crippen LogP contribution in [-0.4, -0.2) is 32.3 Å². The first kappa shape index (κ1) is 20.2. The zero-order valence-electron chi connectivity index (χ0n) is 17.1. The Balaban J connectivity index is 1.34. The summed E-state index contributed by atoms with van der Waals surface area (Å²) in [6.07, 6.45) is 2.62. The second-order valence-corrected chi connectivity index (χ2v) is 7.00. The largest absolute Gasteiger partial charge is 0.271 e. The minimum Gasteiger partial charge on any atom is -0.267 e. The number of aromatic nitrogens is 4. The molecule has 0 aliphatic carbocycles. The molecule has 7 heteroatoms. The van der Waals surface area contributed by atoms with Gasteiger partial charge in [-0.3, -0.25) is 4.79 Å². The van der Waals surface area contributed by atoms with Crippen LogP contribution in [0.1, 0.15) is 34.0 Å². The van der Waals surface area contributed by atoms with E-state index in [2.05, 4.69) is 45.0 Å². The van der Waals surface area contributed by atoms with Gasteiger partial charge < -0.3 is 0 Å². The molecular formula is C24H22N6O. The van der Waals surface area contributed by atoms with Crippen molar-refractivity contribution in [3.8, 4) is 11.4 Å². The van der Waals surface area contributed by atoms with Crippen molar-refractivity contribution >= 4 is 12.1 Å². The number of carbonyl (C=O) groups excluding carboxylic acids is 1. The van der Waals surface area contributed by atoms with E-state index in [9.17, 15) is 4.79 Å². The molecule has 0 unspecified atom stereocenters. The number of hydrazone groups is 1. The number of tetrazole rings is 1. The Morgan fingerprint density at radius 2 is 1.68 bits per heavy atom. The number of hydrogen-bond acceptors (Lipinski definition) is 5. The average molecular weight is 410 g/mol. The number of carbonyl (C=O) groups is 1. The van der Waals surface area contributed by atoms with Crippen molar-refractivity contribution in [2.45, 2.75) is 19.9 Å². The maximum Gasteiger partial charge on any atom is 0.271 e. The molecular weight excluding hydrogens is 388 g/mol. The summed E-state index contributed by atoms with van der Waals surface area (Å²) in [7, 11) is 0. The Hall–Kier alpha value is -4.13. The van der Waals surface area contributed by atoms with Gasteiger partial charge in [-0.2, -0.15) is 9.90 Å². The second-order valence-electron chi connectivity index (χ2n) is 7.00. The highest BCUT2D eigenvalue weighted by molar-refractivity contribution is 5.94. The Kier molecular flexibility index (Phi) is 6.23. The van der Waals surface area contributed by atoms with Crippen LogP contribution in [0.4, 0.5) is 0 Å². The molecule has 4 rings (SSSR count). The van der Waals surface area contributed by atoms with Crippen LogP contribution in [0.3, 0.4) is 0 Å². The van der Waals surface area contributed by atoms with Crippen molar-refractivity contribution in [3.63, 3.8) is 0 Å². The molecule has 1 N–H and O–H groups in total. The lowest BCUT2D eigenvalue weighted by atomic mass is 10.1. The Morgan fingerprint density at radius 1 is 0.968 bits per heavy atom. The Bertz CT molecular complexity index is 1160. The van der Waals surface area contributed by atoms with E-state index in [1.807, 2.05) is 54.6 Å². The summed E-state index contributed by atoms with van der Waals surface area (Å²) in [5.41, 5.74) is 7.16. The summed E-state index contributed by atoms with van der Waals surface area (Å²) < 4.78 is 0. The third-order valence-corrected chi connectivity index (χ3v) is 4.79. The minimum absolute atomic E-state index is 0.266. The molecule has 1 amide bonds. The molecule has 31 heavy (non-hydrogen) atoms. The number of amides is 1. The standard InChI is InChI=1S/C24H22N6O/c1-2-18-8-10-19(11-9-18)16-25-27-24(31)22-14-12-20(13-15-22)17-30-28-23(26-29-30)21-6-4-3-5-7-21/h3-16H,2,17H2,1H3,(H,27,31)/b25-16-. The third kappa shape index (κ3) is 5.27. The number of benzene rings is 3. The van der Waals surface area contributed by atoms with E-state index in [-0.39, 0.29) is 5.91 Å². The molecule has 0 saturated heterocycles. The maximum atomic E-state index is 12.3. The van der Waals surface area contributed by atoms with E-state index in [0.29, 0.717) is 17.9 Å². The van der Waals surface area contributed by atoms with Crippen molar-refractivity contribution in [1.82, 2.24) is 25.6 Å². The molecule has 0 aliphatic heterocycles. The van der Waals surface area contributed by atoms with Gasteiger partial charge in [0, 0.05) is 11.1 Å². The van der Waals surface area contributed by atoms with Crippen LogP contribution in [0, 0.1) is 0 Å². The van der Waals surface area contributed by atoms with Gasteiger partial charge in [0.05, 0.1) is 12.8 Å². The van der Waals surface area contributed by atoms with Crippen LogP contribution < -0.4 is 5.43 Å². The molecule has 0 aliphatic rings. The number of nitrogens with one attached hydrogen (secondary N) is 1. The Morgan fingerprint density at radius 3 is 2.39 bits per heavy atom. The predicted octanol–water partition coefficient (Wildman–Crippen LogP) is 3.71. The van der Waals surface area contributed by atoms with Crippen LogP contribution in [-0.2, 0) is 13.0 Å². The van der Waals surface area contributed by atoms with E-state index in [4.69, 9.17) is 0 Å². The third-order valence-electron chi connectivity index (χ3n) is 4.79. The fourth-order valence-corrected chi connectivity index (χ4v) is 3.01. The van der Waals surface area contributed by atoms with Crippen LogP contribution in [0.15, 0.2) is 84.0 Å². The lowest BCUT2D eigenvalue weighted by molar-refractivity contribution is 0.0955. The number of nitrogens with zero attached hydrogens (tertiary/aromatic N) is 5. The smallest absolute Gasteiger partial charge is 0.267 e.